The zero-order chi connectivity index (χ0) is 13.0. The van der Waals surface area contributed by atoms with Gasteiger partial charge in [-0.2, -0.15) is 0 Å². The molecule has 0 spiro atoms. The van der Waals surface area contributed by atoms with Gasteiger partial charge in [0.2, 0.25) is 0 Å². The van der Waals surface area contributed by atoms with Crippen LogP contribution in [0, 0.1) is 22.5 Å². The number of H-pyrrole nitrogens is 1. The first-order valence-corrected chi connectivity index (χ1v) is 8.30. The van der Waals surface area contributed by atoms with Crippen LogP contribution in [0.15, 0.2) is 22.7 Å². The van der Waals surface area contributed by atoms with E-state index < -0.39 is 0 Å². The number of aromatic nitrogens is 2. The average molecular weight is 337 g/mol. The summed E-state index contributed by atoms with van der Waals surface area (Å²) in [6, 6.07) is 6.35. The smallest absolute Gasteiger partial charge is 0.178 e. The minimum atomic E-state index is 0.852. The molecule has 1 N–H and O–H groups in total. The number of rotatable bonds is 4. The average Bonchev–Trinajstić information content (AvgIpc) is 3.25. The minimum Gasteiger partial charge on any atom is -0.331 e. The second kappa shape index (κ2) is 4.45. The van der Waals surface area contributed by atoms with Crippen LogP contribution < -0.4 is 0 Å². The lowest BCUT2D eigenvalue weighted by Gasteiger charge is -2.16. The van der Waals surface area contributed by atoms with Gasteiger partial charge in [0.1, 0.15) is 0 Å². The van der Waals surface area contributed by atoms with Crippen LogP contribution in [0.1, 0.15) is 25.7 Å². The van der Waals surface area contributed by atoms with Crippen LogP contribution in [0.3, 0.4) is 0 Å². The van der Waals surface area contributed by atoms with E-state index in [-0.39, 0.29) is 0 Å². The number of nitrogens with one attached hydrogen (secondary N) is 1. The zero-order valence-corrected chi connectivity index (χ0v) is 13.1. The Bertz CT molecular complexity index is 667. The first-order valence-electron chi connectivity index (χ1n) is 7.10. The third-order valence-electron chi connectivity index (χ3n) is 4.59. The fraction of sp³-hybridized carbons (Fsp3) is 0.533. The highest BCUT2D eigenvalue weighted by Gasteiger charge is 2.41. The van der Waals surface area contributed by atoms with E-state index in [1.165, 1.54) is 31.2 Å². The van der Waals surface area contributed by atoms with Gasteiger partial charge in [-0.3, -0.25) is 0 Å². The van der Waals surface area contributed by atoms with Crippen molar-refractivity contribution in [2.75, 3.05) is 0 Å². The molecule has 0 bridgehead atoms. The van der Waals surface area contributed by atoms with Crippen LogP contribution in [-0.2, 0) is 6.54 Å². The molecule has 1 aromatic carbocycles. The standard InChI is InChI=1S/C15H17BrN2S/c16-11-5-6-13-14(7-11)18(15(19)17-13)8-12(9-1-2-9)10-3-4-10/h5-7,9-10,12H,1-4,8H2,(H,17,19). The maximum Gasteiger partial charge on any atom is 0.178 e. The van der Waals surface area contributed by atoms with Gasteiger partial charge in [0.25, 0.3) is 0 Å². The molecular weight excluding hydrogens is 320 g/mol. The van der Waals surface area contributed by atoms with E-state index in [0.29, 0.717) is 0 Å². The molecule has 2 fully saturated rings. The SMILES string of the molecule is S=c1[nH]c2ccc(Br)cc2n1CC(C1CC1)C1CC1. The minimum absolute atomic E-state index is 0.852. The lowest BCUT2D eigenvalue weighted by atomic mass is 9.98. The zero-order valence-electron chi connectivity index (χ0n) is 10.7. The summed E-state index contributed by atoms with van der Waals surface area (Å²) in [5, 5.41) is 0. The Morgan fingerprint density at radius 3 is 2.58 bits per heavy atom. The Labute approximate surface area is 126 Å². The van der Waals surface area contributed by atoms with Gasteiger partial charge in [-0.05, 0) is 73.9 Å². The van der Waals surface area contributed by atoms with Crippen LogP contribution in [0.4, 0.5) is 0 Å². The highest BCUT2D eigenvalue weighted by atomic mass is 79.9. The van der Waals surface area contributed by atoms with Crippen molar-refractivity contribution in [1.29, 1.82) is 0 Å². The maximum absolute atomic E-state index is 5.52. The number of fused-ring (bicyclic) bond motifs is 1. The number of hydrogen-bond donors (Lipinski definition) is 1. The quantitative estimate of drug-likeness (QED) is 0.787. The molecule has 0 saturated heterocycles. The van der Waals surface area contributed by atoms with Crippen molar-refractivity contribution in [3.63, 3.8) is 0 Å². The Hall–Kier alpha value is -0.610. The summed E-state index contributed by atoms with van der Waals surface area (Å²) in [4.78, 5) is 3.34. The molecule has 2 aliphatic rings. The summed E-state index contributed by atoms with van der Waals surface area (Å²) in [5.74, 6) is 2.78. The first-order chi connectivity index (χ1) is 9.22. The largest absolute Gasteiger partial charge is 0.331 e. The third kappa shape index (κ3) is 2.29. The third-order valence-corrected chi connectivity index (χ3v) is 5.40. The Balaban J connectivity index is 1.74. The van der Waals surface area contributed by atoms with Gasteiger partial charge >= 0.3 is 0 Å². The van der Waals surface area contributed by atoms with Gasteiger partial charge in [0, 0.05) is 11.0 Å². The lowest BCUT2D eigenvalue weighted by molar-refractivity contribution is 0.351. The molecule has 0 unspecified atom stereocenters. The van der Waals surface area contributed by atoms with Crippen LogP contribution in [-0.4, -0.2) is 9.55 Å². The number of hydrogen-bond acceptors (Lipinski definition) is 1. The number of halogens is 1. The lowest BCUT2D eigenvalue weighted by Crippen LogP contribution is -2.15. The Kier molecular flexibility index (Phi) is 2.85. The van der Waals surface area contributed by atoms with Crippen LogP contribution in [0.25, 0.3) is 11.0 Å². The second-order valence-electron chi connectivity index (χ2n) is 6.04. The summed E-state index contributed by atoms with van der Waals surface area (Å²) >= 11 is 9.08. The molecule has 0 atom stereocenters. The Morgan fingerprint density at radius 1 is 1.26 bits per heavy atom. The highest BCUT2D eigenvalue weighted by Crippen LogP contribution is 2.50. The Morgan fingerprint density at radius 2 is 1.95 bits per heavy atom. The van der Waals surface area contributed by atoms with Crippen molar-refractivity contribution >= 4 is 39.2 Å². The van der Waals surface area contributed by atoms with E-state index in [0.717, 1.165) is 39.1 Å². The highest BCUT2D eigenvalue weighted by molar-refractivity contribution is 9.10. The van der Waals surface area contributed by atoms with Crippen LogP contribution in [0.5, 0.6) is 0 Å². The van der Waals surface area contributed by atoms with Crippen molar-refractivity contribution in [3.8, 4) is 0 Å². The van der Waals surface area contributed by atoms with Crippen LogP contribution in [0.2, 0.25) is 0 Å². The van der Waals surface area contributed by atoms with Gasteiger partial charge in [-0.1, -0.05) is 15.9 Å². The van der Waals surface area contributed by atoms with Gasteiger partial charge in [-0.15, -0.1) is 0 Å². The predicted octanol–water partition coefficient (Wildman–Crippen LogP) is 4.90. The fourth-order valence-corrected chi connectivity index (χ4v) is 3.88. The molecule has 2 saturated carbocycles. The van der Waals surface area contributed by atoms with Crippen LogP contribution >= 0.6 is 28.1 Å². The number of aromatic amines is 1. The predicted molar refractivity (Wildman–Crippen MR) is 83.8 cm³/mol. The van der Waals surface area contributed by atoms with E-state index in [4.69, 9.17) is 12.2 Å². The molecule has 2 aromatic rings. The monoisotopic (exact) mass is 336 g/mol. The van der Waals surface area contributed by atoms with E-state index in [2.05, 4.69) is 43.7 Å². The molecule has 1 aromatic heterocycles. The molecular formula is C15H17BrN2S. The van der Waals surface area contributed by atoms with Crippen molar-refractivity contribution in [1.82, 2.24) is 9.55 Å². The molecule has 1 heterocycles. The summed E-state index contributed by atoms with van der Waals surface area (Å²) in [5.41, 5.74) is 2.39. The van der Waals surface area contributed by atoms with E-state index >= 15 is 0 Å². The molecule has 0 aliphatic heterocycles. The van der Waals surface area contributed by atoms with Crippen molar-refractivity contribution in [3.05, 3.63) is 27.4 Å². The summed E-state index contributed by atoms with van der Waals surface area (Å²) in [6.45, 7) is 1.10. The van der Waals surface area contributed by atoms with Gasteiger partial charge in [-0.25, -0.2) is 0 Å². The van der Waals surface area contributed by atoms with Crippen molar-refractivity contribution < 1.29 is 0 Å². The molecule has 4 rings (SSSR count). The molecule has 0 radical (unpaired) electrons. The van der Waals surface area contributed by atoms with E-state index in [1.807, 2.05) is 0 Å². The van der Waals surface area contributed by atoms with Gasteiger partial charge < -0.3 is 9.55 Å². The first kappa shape index (κ1) is 12.2. The number of imidazole rings is 1. The summed E-state index contributed by atoms with van der Waals surface area (Å²) in [7, 11) is 0. The topological polar surface area (TPSA) is 20.7 Å². The molecule has 0 amide bonds. The molecule has 4 heteroatoms. The molecule has 100 valence electrons. The second-order valence-corrected chi connectivity index (χ2v) is 7.34. The maximum atomic E-state index is 5.52. The van der Waals surface area contributed by atoms with E-state index in [1.54, 1.807) is 0 Å². The van der Waals surface area contributed by atoms with E-state index in [9.17, 15) is 0 Å². The van der Waals surface area contributed by atoms with Crippen molar-refractivity contribution in [2.24, 2.45) is 17.8 Å². The van der Waals surface area contributed by atoms with Gasteiger partial charge in [0.15, 0.2) is 4.77 Å². The number of benzene rings is 1. The molecule has 2 nitrogen and oxygen atoms in total. The number of nitrogens with zero attached hydrogens (tertiary/aromatic N) is 1. The molecule has 2 aliphatic carbocycles. The normalized spacial score (nSPS) is 19.5. The summed E-state index contributed by atoms with van der Waals surface area (Å²) in [6.07, 6.45) is 5.72. The fourth-order valence-electron chi connectivity index (χ4n) is 3.25. The molecule has 19 heavy (non-hydrogen) atoms. The summed E-state index contributed by atoms with van der Waals surface area (Å²) < 4.78 is 4.31. The van der Waals surface area contributed by atoms with Gasteiger partial charge in [0.05, 0.1) is 11.0 Å². The van der Waals surface area contributed by atoms with Crippen molar-refractivity contribution in [2.45, 2.75) is 32.2 Å².